The topological polar surface area (TPSA) is 49.3 Å². The molecule has 0 aromatic carbocycles. The molecule has 0 radical (unpaired) electrons. The molecule has 0 N–H and O–H groups in total. The number of unbranched alkanes of at least 4 members (excludes halogenated alkanes) is 3. The fourth-order valence-corrected chi connectivity index (χ4v) is 6.38. The fraction of sp³-hybridized carbons (Fsp3) is 0.731. The maximum absolute atomic E-state index is 12.7. The number of thiophene rings is 1. The predicted octanol–water partition coefficient (Wildman–Crippen LogP) is 5.95. The van der Waals surface area contributed by atoms with E-state index in [1.807, 2.05) is 11.3 Å². The summed E-state index contributed by atoms with van der Waals surface area (Å²) in [5, 5.41) is 1.31. The monoisotopic (exact) mass is 456 g/mol. The third-order valence-electron chi connectivity index (χ3n) is 7.38. The lowest BCUT2D eigenvalue weighted by Gasteiger charge is -2.36. The largest absolute Gasteiger partial charge is 0.352 e. The molecule has 2 unspecified atom stereocenters. The summed E-state index contributed by atoms with van der Waals surface area (Å²) in [5.41, 5.74) is 1.50. The highest BCUT2D eigenvalue weighted by molar-refractivity contribution is 7.19. The van der Waals surface area contributed by atoms with E-state index < -0.39 is 0 Å². The number of rotatable bonds is 8. The summed E-state index contributed by atoms with van der Waals surface area (Å²) in [7, 11) is 0. The van der Waals surface area contributed by atoms with Crippen molar-refractivity contribution in [1.29, 1.82) is 0 Å². The van der Waals surface area contributed by atoms with Crippen molar-refractivity contribution in [2.45, 2.75) is 91.4 Å². The first-order valence-electron chi connectivity index (χ1n) is 12.9. The van der Waals surface area contributed by atoms with Gasteiger partial charge in [-0.3, -0.25) is 4.79 Å². The highest BCUT2D eigenvalue weighted by Crippen LogP contribution is 2.41. The van der Waals surface area contributed by atoms with E-state index in [1.165, 1.54) is 52.8 Å². The average Bonchev–Trinajstić information content (AvgIpc) is 3.18. The SMILES string of the molecule is CCCCCCC(=O)N1CCN(c2nc(C(C)CC)nc3sc4c(c23)CCC(C)C4)CC1. The van der Waals surface area contributed by atoms with Gasteiger partial charge in [-0.1, -0.05) is 47.0 Å². The molecule has 2 atom stereocenters. The zero-order valence-electron chi connectivity index (χ0n) is 20.5. The Kier molecular flexibility index (Phi) is 7.70. The van der Waals surface area contributed by atoms with Crippen molar-refractivity contribution in [1.82, 2.24) is 14.9 Å². The lowest BCUT2D eigenvalue weighted by molar-refractivity contribution is -0.131. The van der Waals surface area contributed by atoms with Gasteiger partial charge in [0.25, 0.3) is 0 Å². The second-order valence-electron chi connectivity index (χ2n) is 9.93. The molecule has 6 heteroatoms. The van der Waals surface area contributed by atoms with Crippen molar-refractivity contribution < 1.29 is 4.79 Å². The quantitative estimate of drug-likeness (QED) is 0.461. The summed E-state index contributed by atoms with van der Waals surface area (Å²) in [6.07, 6.45) is 9.96. The van der Waals surface area contributed by atoms with E-state index in [-0.39, 0.29) is 0 Å². The third kappa shape index (κ3) is 4.95. The number of hydrogen-bond acceptors (Lipinski definition) is 5. The van der Waals surface area contributed by atoms with Gasteiger partial charge >= 0.3 is 0 Å². The maximum atomic E-state index is 12.7. The standard InChI is InChI=1S/C26H40N4OS/c1-5-7-8-9-10-22(31)29-13-15-30(16-14-29)25-23-20-12-11-18(3)17-21(20)32-26(23)28-24(27-25)19(4)6-2/h18-19H,5-17H2,1-4H3. The molecular weight excluding hydrogens is 416 g/mol. The number of aryl methyl sites for hydroxylation is 1. The van der Waals surface area contributed by atoms with E-state index in [2.05, 4.69) is 37.5 Å². The molecule has 1 saturated heterocycles. The number of fused-ring (bicyclic) bond motifs is 3. The molecule has 0 spiro atoms. The van der Waals surface area contributed by atoms with Crippen LogP contribution in [0, 0.1) is 5.92 Å². The Morgan fingerprint density at radius 1 is 1.12 bits per heavy atom. The van der Waals surface area contributed by atoms with Crippen LogP contribution in [0.25, 0.3) is 10.2 Å². The van der Waals surface area contributed by atoms with Crippen molar-refractivity contribution in [3.05, 3.63) is 16.3 Å². The van der Waals surface area contributed by atoms with Crippen LogP contribution in [0.3, 0.4) is 0 Å². The molecule has 5 nitrogen and oxygen atoms in total. The summed E-state index contributed by atoms with van der Waals surface area (Å²) in [6.45, 7) is 12.4. The van der Waals surface area contributed by atoms with Gasteiger partial charge in [0.05, 0.1) is 5.39 Å². The molecule has 1 aliphatic heterocycles. The molecule has 3 heterocycles. The Balaban J connectivity index is 1.55. The van der Waals surface area contributed by atoms with Gasteiger partial charge in [-0.05, 0) is 43.6 Å². The number of piperazine rings is 1. The Labute approximate surface area is 197 Å². The minimum atomic E-state index is 0.329. The first-order valence-corrected chi connectivity index (χ1v) is 13.7. The molecule has 0 saturated carbocycles. The smallest absolute Gasteiger partial charge is 0.222 e. The third-order valence-corrected chi connectivity index (χ3v) is 8.53. The Bertz CT molecular complexity index is 932. The number of hydrogen-bond donors (Lipinski definition) is 0. The van der Waals surface area contributed by atoms with Crippen LogP contribution in [-0.2, 0) is 17.6 Å². The van der Waals surface area contributed by atoms with Gasteiger partial charge < -0.3 is 9.80 Å². The van der Waals surface area contributed by atoms with Crippen LogP contribution in [0.5, 0.6) is 0 Å². The first kappa shape index (κ1) is 23.5. The fourth-order valence-electron chi connectivity index (χ4n) is 5.00. The molecule has 1 aliphatic carbocycles. The number of nitrogens with zero attached hydrogens (tertiary/aromatic N) is 4. The second-order valence-corrected chi connectivity index (χ2v) is 11.0. The highest BCUT2D eigenvalue weighted by Gasteiger charge is 2.29. The Hall–Kier alpha value is -1.69. The molecule has 1 amide bonds. The lowest BCUT2D eigenvalue weighted by atomic mass is 9.89. The zero-order chi connectivity index (χ0) is 22.7. The summed E-state index contributed by atoms with van der Waals surface area (Å²) < 4.78 is 0. The molecular formula is C26H40N4OS. The molecule has 1 fully saturated rings. The summed E-state index contributed by atoms with van der Waals surface area (Å²) in [5.74, 6) is 3.56. The summed E-state index contributed by atoms with van der Waals surface area (Å²) in [4.78, 5) is 30.1. The van der Waals surface area contributed by atoms with Crippen molar-refractivity contribution in [3.8, 4) is 0 Å². The maximum Gasteiger partial charge on any atom is 0.222 e. The molecule has 176 valence electrons. The van der Waals surface area contributed by atoms with Crippen LogP contribution >= 0.6 is 11.3 Å². The molecule has 2 aliphatic rings. The van der Waals surface area contributed by atoms with Gasteiger partial charge in [0.15, 0.2) is 0 Å². The van der Waals surface area contributed by atoms with Crippen molar-refractivity contribution in [2.75, 3.05) is 31.1 Å². The van der Waals surface area contributed by atoms with Crippen molar-refractivity contribution in [2.24, 2.45) is 5.92 Å². The highest BCUT2D eigenvalue weighted by atomic mass is 32.1. The van der Waals surface area contributed by atoms with E-state index in [4.69, 9.17) is 9.97 Å². The van der Waals surface area contributed by atoms with E-state index in [9.17, 15) is 4.79 Å². The van der Waals surface area contributed by atoms with Crippen LogP contribution < -0.4 is 4.90 Å². The first-order chi connectivity index (χ1) is 15.5. The van der Waals surface area contributed by atoms with Crippen LogP contribution in [0.4, 0.5) is 5.82 Å². The van der Waals surface area contributed by atoms with Crippen LogP contribution in [0.15, 0.2) is 0 Å². The summed E-state index contributed by atoms with van der Waals surface area (Å²) in [6, 6.07) is 0. The number of aromatic nitrogens is 2. The van der Waals surface area contributed by atoms with E-state index in [1.54, 1.807) is 0 Å². The second kappa shape index (κ2) is 10.5. The molecule has 2 aromatic rings. The number of amides is 1. The lowest BCUT2D eigenvalue weighted by Crippen LogP contribution is -2.49. The number of carbonyl (C=O) groups excluding carboxylic acids is 1. The van der Waals surface area contributed by atoms with E-state index in [0.717, 1.165) is 63.0 Å². The van der Waals surface area contributed by atoms with Crippen LogP contribution in [-0.4, -0.2) is 47.0 Å². The Morgan fingerprint density at radius 3 is 2.62 bits per heavy atom. The minimum absolute atomic E-state index is 0.329. The number of carbonyl (C=O) groups is 1. The van der Waals surface area contributed by atoms with Gasteiger partial charge in [0.2, 0.25) is 5.91 Å². The van der Waals surface area contributed by atoms with Gasteiger partial charge in [-0.25, -0.2) is 9.97 Å². The normalized spacial score (nSPS) is 19.9. The molecule has 4 rings (SSSR count). The van der Waals surface area contributed by atoms with Crippen molar-refractivity contribution in [3.63, 3.8) is 0 Å². The zero-order valence-corrected chi connectivity index (χ0v) is 21.3. The van der Waals surface area contributed by atoms with E-state index >= 15 is 0 Å². The average molecular weight is 457 g/mol. The molecule has 0 bridgehead atoms. The Morgan fingerprint density at radius 2 is 1.91 bits per heavy atom. The predicted molar refractivity (Wildman–Crippen MR) is 135 cm³/mol. The van der Waals surface area contributed by atoms with E-state index in [0.29, 0.717) is 18.2 Å². The van der Waals surface area contributed by atoms with Crippen molar-refractivity contribution >= 4 is 33.3 Å². The van der Waals surface area contributed by atoms with Crippen LogP contribution in [0.1, 0.15) is 94.8 Å². The van der Waals surface area contributed by atoms with Gasteiger partial charge in [0.1, 0.15) is 16.5 Å². The summed E-state index contributed by atoms with van der Waals surface area (Å²) >= 11 is 1.90. The van der Waals surface area contributed by atoms with Crippen LogP contribution in [0.2, 0.25) is 0 Å². The molecule has 32 heavy (non-hydrogen) atoms. The molecule has 2 aromatic heterocycles. The van der Waals surface area contributed by atoms with Gasteiger partial charge in [-0.15, -0.1) is 11.3 Å². The minimum Gasteiger partial charge on any atom is -0.352 e. The van der Waals surface area contributed by atoms with Gasteiger partial charge in [0, 0.05) is 43.4 Å². The van der Waals surface area contributed by atoms with Gasteiger partial charge in [-0.2, -0.15) is 0 Å². The number of anilines is 1.